The summed E-state index contributed by atoms with van der Waals surface area (Å²) in [5.41, 5.74) is 5.48. The lowest BCUT2D eigenvalue weighted by molar-refractivity contribution is 0.310. The molecule has 0 amide bonds. The number of aryl methyl sites for hydroxylation is 1. The van der Waals surface area contributed by atoms with E-state index in [9.17, 15) is 0 Å². The number of fused-ring (bicyclic) bond motifs is 1. The van der Waals surface area contributed by atoms with Crippen LogP contribution in [0.2, 0.25) is 0 Å². The number of allylic oxidation sites excluding steroid dienone is 1. The molecule has 0 radical (unpaired) electrons. The van der Waals surface area contributed by atoms with E-state index in [1.54, 1.807) is 13.2 Å². The molecule has 0 spiro atoms. The van der Waals surface area contributed by atoms with E-state index in [1.165, 1.54) is 5.69 Å². The van der Waals surface area contributed by atoms with Crippen LogP contribution in [0, 0.1) is 6.92 Å². The molecule has 0 bridgehead atoms. The lowest BCUT2D eigenvalue weighted by Crippen LogP contribution is -1.96. The van der Waals surface area contributed by atoms with Crippen LogP contribution >= 0.6 is 0 Å². The van der Waals surface area contributed by atoms with Gasteiger partial charge in [0.25, 0.3) is 0 Å². The molecule has 3 aromatic rings. The first-order chi connectivity index (χ1) is 12.5. The van der Waals surface area contributed by atoms with Gasteiger partial charge in [-0.15, -0.1) is 0 Å². The van der Waals surface area contributed by atoms with Crippen LogP contribution in [-0.4, -0.2) is 31.4 Å². The summed E-state index contributed by atoms with van der Waals surface area (Å²) in [6.45, 7) is 5.88. The summed E-state index contributed by atoms with van der Waals surface area (Å²) in [4.78, 5) is 9.43. The Labute approximate surface area is 152 Å². The average Bonchev–Trinajstić information content (AvgIpc) is 3.31. The minimum atomic E-state index is 0.375. The van der Waals surface area contributed by atoms with Crippen molar-refractivity contribution in [3.63, 3.8) is 0 Å². The number of imidazole rings is 1. The predicted octanol–water partition coefficient (Wildman–Crippen LogP) is 3.45. The van der Waals surface area contributed by atoms with E-state index in [1.807, 2.05) is 37.1 Å². The Morgan fingerprint density at radius 3 is 2.81 bits per heavy atom. The van der Waals surface area contributed by atoms with Crippen molar-refractivity contribution >= 4 is 17.1 Å². The highest BCUT2D eigenvalue weighted by Gasteiger charge is 2.45. The molecule has 1 aliphatic rings. The van der Waals surface area contributed by atoms with E-state index in [4.69, 9.17) is 14.8 Å². The number of hydrogen-bond donors (Lipinski definition) is 0. The largest absolute Gasteiger partial charge is 0.497 e. The molecule has 1 fully saturated rings. The summed E-state index contributed by atoms with van der Waals surface area (Å²) in [7, 11) is 5.64. The standard InChI is InChI=1S/C20H23N5O/c1-6-13(26-5)10-17-22-18(12(2)24(17)3)14-11-15(14)19-20-16(25(4)23-19)8-7-9-21-20/h6-10,14-15H,1,11H2,2-5H3/b13-10+. The van der Waals surface area contributed by atoms with Gasteiger partial charge in [-0.2, -0.15) is 5.10 Å². The van der Waals surface area contributed by atoms with Crippen LogP contribution in [0.25, 0.3) is 17.1 Å². The van der Waals surface area contributed by atoms with Crippen molar-refractivity contribution in [1.82, 2.24) is 24.3 Å². The second-order valence-electron chi connectivity index (χ2n) is 6.78. The highest BCUT2D eigenvalue weighted by Crippen LogP contribution is 2.55. The Hall–Kier alpha value is -2.89. The number of pyridine rings is 1. The third-order valence-electron chi connectivity index (χ3n) is 5.29. The number of aromatic nitrogens is 5. The number of methoxy groups -OCH3 is 1. The van der Waals surface area contributed by atoms with Gasteiger partial charge in [-0.1, -0.05) is 6.58 Å². The zero-order chi connectivity index (χ0) is 18.4. The summed E-state index contributed by atoms with van der Waals surface area (Å²) >= 11 is 0. The third-order valence-corrected chi connectivity index (χ3v) is 5.29. The highest BCUT2D eigenvalue weighted by atomic mass is 16.5. The van der Waals surface area contributed by atoms with Gasteiger partial charge in [-0.25, -0.2) is 4.98 Å². The van der Waals surface area contributed by atoms with Crippen molar-refractivity contribution in [2.45, 2.75) is 25.2 Å². The summed E-state index contributed by atoms with van der Waals surface area (Å²) in [6, 6.07) is 4.01. The SMILES string of the molecule is C=C/C(=C\c1nc(C2CC2c2nn(C)c3cccnc23)c(C)n1C)OC. The minimum absolute atomic E-state index is 0.375. The molecule has 3 heterocycles. The van der Waals surface area contributed by atoms with E-state index in [0.29, 0.717) is 17.6 Å². The third kappa shape index (κ3) is 2.53. The molecule has 0 saturated heterocycles. The van der Waals surface area contributed by atoms with Crippen LogP contribution in [0.5, 0.6) is 0 Å². The highest BCUT2D eigenvalue weighted by molar-refractivity contribution is 5.78. The van der Waals surface area contributed by atoms with Gasteiger partial charge >= 0.3 is 0 Å². The molecule has 26 heavy (non-hydrogen) atoms. The Balaban J connectivity index is 1.68. The molecular weight excluding hydrogens is 326 g/mol. The minimum Gasteiger partial charge on any atom is -0.497 e. The summed E-state index contributed by atoms with van der Waals surface area (Å²) in [6.07, 6.45) is 6.50. The average molecular weight is 349 g/mol. The molecule has 2 atom stereocenters. The zero-order valence-electron chi connectivity index (χ0n) is 15.6. The fraction of sp³-hybridized carbons (Fsp3) is 0.350. The van der Waals surface area contributed by atoms with Crippen LogP contribution in [0.15, 0.2) is 36.7 Å². The Morgan fingerprint density at radius 1 is 1.31 bits per heavy atom. The van der Waals surface area contributed by atoms with E-state index < -0.39 is 0 Å². The van der Waals surface area contributed by atoms with Crippen molar-refractivity contribution in [3.05, 3.63) is 59.6 Å². The van der Waals surface area contributed by atoms with Gasteiger partial charge in [0.2, 0.25) is 0 Å². The summed E-state index contributed by atoms with van der Waals surface area (Å²) in [5, 5.41) is 4.74. The molecule has 4 rings (SSSR count). The Morgan fingerprint density at radius 2 is 2.08 bits per heavy atom. The molecular formula is C20H23N5O. The van der Waals surface area contributed by atoms with Crippen LogP contribution in [0.3, 0.4) is 0 Å². The number of ether oxygens (including phenoxy) is 1. The molecule has 2 unspecified atom stereocenters. The van der Waals surface area contributed by atoms with E-state index in [2.05, 4.69) is 29.1 Å². The van der Waals surface area contributed by atoms with Gasteiger partial charge in [-0.3, -0.25) is 9.67 Å². The molecule has 6 nitrogen and oxygen atoms in total. The topological polar surface area (TPSA) is 57.8 Å². The van der Waals surface area contributed by atoms with E-state index >= 15 is 0 Å². The molecule has 134 valence electrons. The molecule has 6 heteroatoms. The normalized spacial score (nSPS) is 19.8. The molecule has 1 saturated carbocycles. The lowest BCUT2D eigenvalue weighted by atomic mass is 10.1. The van der Waals surface area contributed by atoms with E-state index in [0.717, 1.165) is 34.7 Å². The quantitative estimate of drug-likeness (QED) is 0.523. The van der Waals surface area contributed by atoms with Gasteiger partial charge in [0.05, 0.1) is 24.0 Å². The predicted molar refractivity (Wildman–Crippen MR) is 102 cm³/mol. The second-order valence-corrected chi connectivity index (χ2v) is 6.78. The summed E-state index contributed by atoms with van der Waals surface area (Å²) < 4.78 is 9.31. The fourth-order valence-corrected chi connectivity index (χ4v) is 3.60. The number of rotatable bonds is 5. The molecule has 1 aliphatic carbocycles. The van der Waals surface area contributed by atoms with E-state index in [-0.39, 0.29) is 0 Å². The van der Waals surface area contributed by atoms with Crippen LogP contribution < -0.4 is 0 Å². The summed E-state index contributed by atoms with van der Waals surface area (Å²) in [5.74, 6) is 2.35. The van der Waals surface area contributed by atoms with Crippen molar-refractivity contribution in [2.24, 2.45) is 14.1 Å². The van der Waals surface area contributed by atoms with Crippen molar-refractivity contribution in [2.75, 3.05) is 7.11 Å². The van der Waals surface area contributed by atoms with Gasteiger partial charge in [-0.05, 0) is 31.6 Å². The molecule has 0 N–H and O–H groups in total. The van der Waals surface area contributed by atoms with Crippen molar-refractivity contribution in [3.8, 4) is 0 Å². The number of hydrogen-bond acceptors (Lipinski definition) is 4. The second kappa shape index (κ2) is 6.12. The molecule has 0 aliphatic heterocycles. The molecule has 0 aromatic carbocycles. The van der Waals surface area contributed by atoms with Gasteiger partial charge in [0.15, 0.2) is 0 Å². The van der Waals surface area contributed by atoms with Gasteiger partial charge in [0.1, 0.15) is 17.1 Å². The van der Waals surface area contributed by atoms with Crippen molar-refractivity contribution < 1.29 is 4.74 Å². The smallest absolute Gasteiger partial charge is 0.136 e. The maximum atomic E-state index is 5.29. The van der Waals surface area contributed by atoms with Crippen LogP contribution in [0.1, 0.15) is 41.2 Å². The van der Waals surface area contributed by atoms with Crippen LogP contribution in [-0.2, 0) is 18.8 Å². The Bertz CT molecular complexity index is 1030. The maximum absolute atomic E-state index is 5.29. The first-order valence-electron chi connectivity index (χ1n) is 8.74. The monoisotopic (exact) mass is 349 g/mol. The van der Waals surface area contributed by atoms with Crippen molar-refractivity contribution in [1.29, 1.82) is 0 Å². The fourth-order valence-electron chi connectivity index (χ4n) is 3.60. The first kappa shape index (κ1) is 16.6. The van der Waals surface area contributed by atoms with Gasteiger partial charge < -0.3 is 9.30 Å². The lowest BCUT2D eigenvalue weighted by Gasteiger charge is -2.01. The van der Waals surface area contributed by atoms with Crippen LogP contribution in [0.4, 0.5) is 0 Å². The Kier molecular flexibility index (Phi) is 3.90. The zero-order valence-corrected chi connectivity index (χ0v) is 15.6. The maximum Gasteiger partial charge on any atom is 0.136 e. The first-order valence-corrected chi connectivity index (χ1v) is 8.74. The molecule has 3 aromatic heterocycles. The van der Waals surface area contributed by atoms with Gasteiger partial charge in [0, 0.05) is 43.9 Å². The number of nitrogens with zero attached hydrogens (tertiary/aromatic N) is 5.